The van der Waals surface area contributed by atoms with Crippen LogP contribution in [0.3, 0.4) is 0 Å². The van der Waals surface area contributed by atoms with Crippen LogP contribution in [0.5, 0.6) is 0 Å². The Bertz CT molecular complexity index is 829. The Morgan fingerprint density at radius 3 is 2.64 bits per heavy atom. The summed E-state index contributed by atoms with van der Waals surface area (Å²) < 4.78 is 14.0. The minimum absolute atomic E-state index is 0.296. The Labute approximate surface area is 150 Å². The van der Waals surface area contributed by atoms with E-state index in [0.29, 0.717) is 16.8 Å². The molecule has 2 heterocycles. The molecule has 1 amide bonds. The fourth-order valence-electron chi connectivity index (χ4n) is 3.09. The molecule has 1 fully saturated rings. The van der Waals surface area contributed by atoms with E-state index in [1.54, 1.807) is 18.3 Å². The molecule has 2 aliphatic rings. The average molecular weight is 355 g/mol. The number of hydrogen-bond acceptors (Lipinski definition) is 4. The largest absolute Gasteiger partial charge is 0.370 e. The molecule has 0 aliphatic carbocycles. The summed E-state index contributed by atoms with van der Waals surface area (Å²) in [5.74, 6) is 1.62. The summed E-state index contributed by atoms with van der Waals surface area (Å²) >= 11 is 1.98. The van der Waals surface area contributed by atoms with Gasteiger partial charge in [-0.15, -0.1) is 0 Å². The van der Waals surface area contributed by atoms with Gasteiger partial charge in [0.2, 0.25) is 0 Å². The predicted molar refractivity (Wildman–Crippen MR) is 103 cm³/mol. The lowest BCUT2D eigenvalue weighted by atomic mass is 10.1. The Morgan fingerprint density at radius 1 is 1.12 bits per heavy atom. The van der Waals surface area contributed by atoms with E-state index in [0.717, 1.165) is 30.3 Å². The van der Waals surface area contributed by atoms with E-state index in [1.165, 1.54) is 11.8 Å². The molecule has 2 aromatic carbocycles. The van der Waals surface area contributed by atoms with Gasteiger partial charge >= 0.3 is 0 Å². The summed E-state index contributed by atoms with van der Waals surface area (Å²) in [4.78, 5) is 14.4. The van der Waals surface area contributed by atoms with Crippen molar-refractivity contribution >= 4 is 40.3 Å². The van der Waals surface area contributed by atoms with Crippen molar-refractivity contribution in [3.63, 3.8) is 0 Å². The first-order valence-electron chi connectivity index (χ1n) is 8.22. The summed E-state index contributed by atoms with van der Waals surface area (Å²) in [5, 5.41) is 5.78. The third-order valence-corrected chi connectivity index (χ3v) is 5.34. The van der Waals surface area contributed by atoms with E-state index in [4.69, 9.17) is 0 Å². The van der Waals surface area contributed by atoms with Gasteiger partial charge in [-0.2, -0.15) is 11.8 Å². The van der Waals surface area contributed by atoms with Crippen LogP contribution in [0.15, 0.2) is 48.7 Å². The number of fused-ring (bicyclic) bond motifs is 1. The van der Waals surface area contributed by atoms with Crippen molar-refractivity contribution < 1.29 is 9.18 Å². The molecule has 0 bridgehead atoms. The van der Waals surface area contributed by atoms with Crippen LogP contribution in [0, 0.1) is 5.82 Å². The molecule has 0 saturated carbocycles. The second-order valence-corrected chi connectivity index (χ2v) is 7.19. The number of amides is 1. The molecule has 25 heavy (non-hydrogen) atoms. The zero-order valence-electron chi connectivity index (χ0n) is 13.6. The topological polar surface area (TPSA) is 44.4 Å². The van der Waals surface area contributed by atoms with E-state index in [-0.39, 0.29) is 5.91 Å². The maximum Gasteiger partial charge on any atom is 0.257 e. The number of nitrogens with one attached hydrogen (secondary N) is 2. The van der Waals surface area contributed by atoms with Crippen molar-refractivity contribution in [2.24, 2.45) is 0 Å². The Kier molecular flexibility index (Phi) is 4.36. The Morgan fingerprint density at radius 2 is 1.88 bits per heavy atom. The SMILES string of the molecule is O=C1Nc2cccc(F)c2/C1=C\Nc1ccc(N2CCSCC2)cc1. The Balaban J connectivity index is 1.51. The zero-order valence-corrected chi connectivity index (χ0v) is 14.4. The molecule has 1 saturated heterocycles. The lowest BCUT2D eigenvalue weighted by Crippen LogP contribution is -2.32. The highest BCUT2D eigenvalue weighted by molar-refractivity contribution is 7.99. The maximum atomic E-state index is 14.0. The maximum absolute atomic E-state index is 14.0. The van der Waals surface area contributed by atoms with E-state index in [1.807, 2.05) is 23.9 Å². The minimum atomic E-state index is -0.401. The van der Waals surface area contributed by atoms with Gasteiger partial charge in [0.15, 0.2) is 0 Å². The van der Waals surface area contributed by atoms with Crippen LogP contribution in [-0.4, -0.2) is 30.5 Å². The van der Waals surface area contributed by atoms with Crippen LogP contribution in [0.4, 0.5) is 21.5 Å². The van der Waals surface area contributed by atoms with Crippen molar-refractivity contribution in [1.82, 2.24) is 0 Å². The molecule has 0 unspecified atom stereocenters. The van der Waals surface area contributed by atoms with Crippen molar-refractivity contribution in [2.45, 2.75) is 0 Å². The second-order valence-electron chi connectivity index (χ2n) is 5.97. The summed E-state index contributed by atoms with van der Waals surface area (Å²) in [6.45, 7) is 2.13. The molecular formula is C19H18FN3OS. The molecule has 4 nitrogen and oxygen atoms in total. The summed E-state index contributed by atoms with van der Waals surface area (Å²) in [6, 6.07) is 12.7. The number of thioether (sulfide) groups is 1. The second kappa shape index (κ2) is 6.80. The molecule has 0 aromatic heterocycles. The van der Waals surface area contributed by atoms with E-state index in [9.17, 15) is 9.18 Å². The van der Waals surface area contributed by atoms with Gasteiger partial charge < -0.3 is 15.5 Å². The standard InChI is InChI=1S/C19H18FN3OS/c20-16-2-1-3-17-18(16)15(19(24)22-17)12-21-13-4-6-14(7-5-13)23-8-10-25-11-9-23/h1-7,12,21H,8-11H2,(H,22,24)/b15-12+. The van der Waals surface area contributed by atoms with Crippen molar-refractivity contribution in [3.05, 3.63) is 60.0 Å². The van der Waals surface area contributed by atoms with Gasteiger partial charge in [-0.05, 0) is 36.4 Å². The molecule has 6 heteroatoms. The monoisotopic (exact) mass is 355 g/mol. The van der Waals surface area contributed by atoms with Gasteiger partial charge in [-0.25, -0.2) is 4.39 Å². The third-order valence-electron chi connectivity index (χ3n) is 4.40. The molecule has 4 rings (SSSR count). The van der Waals surface area contributed by atoms with Crippen LogP contribution in [0.1, 0.15) is 5.56 Å². The molecule has 0 spiro atoms. The highest BCUT2D eigenvalue weighted by atomic mass is 32.2. The van der Waals surface area contributed by atoms with Crippen LogP contribution in [0.2, 0.25) is 0 Å². The number of carbonyl (C=O) groups is 1. The van der Waals surface area contributed by atoms with Crippen molar-refractivity contribution in [1.29, 1.82) is 0 Å². The van der Waals surface area contributed by atoms with Gasteiger partial charge in [0.05, 0.1) is 11.3 Å². The van der Waals surface area contributed by atoms with Gasteiger partial charge in [0.25, 0.3) is 5.91 Å². The zero-order chi connectivity index (χ0) is 17.2. The van der Waals surface area contributed by atoms with Crippen LogP contribution < -0.4 is 15.5 Å². The summed E-state index contributed by atoms with van der Waals surface area (Å²) in [7, 11) is 0. The average Bonchev–Trinajstić information content (AvgIpc) is 2.98. The van der Waals surface area contributed by atoms with Gasteiger partial charge in [0.1, 0.15) is 5.82 Å². The summed E-state index contributed by atoms with van der Waals surface area (Å²) in [5.41, 5.74) is 3.21. The van der Waals surface area contributed by atoms with Crippen LogP contribution in [-0.2, 0) is 4.79 Å². The lowest BCUT2D eigenvalue weighted by Gasteiger charge is -2.28. The number of benzene rings is 2. The van der Waals surface area contributed by atoms with Crippen LogP contribution in [0.25, 0.3) is 5.57 Å². The van der Waals surface area contributed by atoms with Gasteiger partial charge in [-0.1, -0.05) is 6.07 Å². The number of nitrogens with zero attached hydrogens (tertiary/aromatic N) is 1. The predicted octanol–water partition coefficient (Wildman–Crippen LogP) is 3.78. The first-order valence-corrected chi connectivity index (χ1v) is 9.37. The van der Waals surface area contributed by atoms with E-state index < -0.39 is 5.82 Å². The first-order chi connectivity index (χ1) is 12.2. The van der Waals surface area contributed by atoms with E-state index in [2.05, 4.69) is 27.7 Å². The number of anilines is 3. The highest BCUT2D eigenvalue weighted by Gasteiger charge is 2.27. The smallest absolute Gasteiger partial charge is 0.257 e. The molecule has 0 radical (unpaired) electrons. The molecule has 2 aromatic rings. The van der Waals surface area contributed by atoms with Gasteiger partial charge in [0, 0.05) is 47.7 Å². The number of halogens is 1. The lowest BCUT2D eigenvalue weighted by molar-refractivity contribution is -0.110. The number of carbonyl (C=O) groups excluding carboxylic acids is 1. The van der Waals surface area contributed by atoms with E-state index >= 15 is 0 Å². The quantitative estimate of drug-likeness (QED) is 0.823. The van der Waals surface area contributed by atoms with Gasteiger partial charge in [-0.3, -0.25) is 4.79 Å². The molecule has 2 aliphatic heterocycles. The molecule has 2 N–H and O–H groups in total. The first kappa shape index (κ1) is 16.0. The number of hydrogen-bond donors (Lipinski definition) is 2. The molecular weight excluding hydrogens is 337 g/mol. The number of rotatable bonds is 3. The fourth-order valence-corrected chi connectivity index (χ4v) is 3.99. The highest BCUT2D eigenvalue weighted by Crippen LogP contribution is 2.33. The third kappa shape index (κ3) is 3.22. The fraction of sp³-hybridized carbons (Fsp3) is 0.211. The Hall–Kier alpha value is -2.47. The minimum Gasteiger partial charge on any atom is -0.370 e. The van der Waals surface area contributed by atoms with Crippen LogP contribution >= 0.6 is 11.8 Å². The molecule has 128 valence electrons. The molecule has 0 atom stereocenters. The normalized spacial score (nSPS) is 18.2. The van der Waals surface area contributed by atoms with Crippen molar-refractivity contribution in [3.8, 4) is 0 Å². The van der Waals surface area contributed by atoms with Crippen molar-refractivity contribution in [2.75, 3.05) is 40.1 Å². The summed E-state index contributed by atoms with van der Waals surface area (Å²) in [6.07, 6.45) is 1.57.